The Morgan fingerprint density at radius 1 is 0.511 bits per heavy atom. The summed E-state index contributed by atoms with van der Waals surface area (Å²) in [6, 6.07) is 38.2. The first-order valence-electron chi connectivity index (χ1n) is 14.1. The summed E-state index contributed by atoms with van der Waals surface area (Å²) >= 11 is 2.61. The van der Waals surface area contributed by atoms with Gasteiger partial charge in [0.25, 0.3) is 0 Å². The monoisotopic (exact) mass is 632 g/mol. The van der Waals surface area contributed by atoms with Crippen LogP contribution in [-0.4, -0.2) is 52.8 Å². The Kier molecular flexibility index (Phi) is 9.63. The van der Waals surface area contributed by atoms with Crippen LogP contribution in [0.2, 0.25) is 0 Å². The van der Waals surface area contributed by atoms with Crippen LogP contribution in [0.5, 0.6) is 0 Å². The van der Waals surface area contributed by atoms with Gasteiger partial charge in [-0.05, 0) is 48.5 Å². The first-order chi connectivity index (χ1) is 22.1. The molecule has 2 amide bonds. The zero-order chi connectivity index (χ0) is 30.8. The van der Waals surface area contributed by atoms with Crippen LogP contribution >= 0.6 is 23.5 Å². The summed E-state index contributed by atoms with van der Waals surface area (Å²) in [7, 11) is 0. The minimum Gasteiger partial charge on any atom is -0.325 e. The molecule has 0 unspecified atom stereocenters. The van der Waals surface area contributed by atoms with Gasteiger partial charge in [-0.3, -0.25) is 18.7 Å². The van der Waals surface area contributed by atoms with Crippen LogP contribution in [0, 0.1) is 0 Å². The van der Waals surface area contributed by atoms with E-state index in [2.05, 4.69) is 31.0 Å². The van der Waals surface area contributed by atoms with E-state index in [0.29, 0.717) is 28.4 Å². The maximum absolute atomic E-state index is 12.7. The van der Waals surface area contributed by atoms with Crippen LogP contribution in [0.1, 0.15) is 11.6 Å². The highest BCUT2D eigenvalue weighted by Gasteiger charge is 2.21. The number of nitrogens with one attached hydrogen (secondary N) is 2. The zero-order valence-corrected chi connectivity index (χ0v) is 25.6. The third kappa shape index (κ3) is 7.66. The Morgan fingerprint density at radius 3 is 1.24 bits per heavy atom. The lowest BCUT2D eigenvalue weighted by molar-refractivity contribution is -0.114. The third-order valence-electron chi connectivity index (χ3n) is 6.53. The minimum atomic E-state index is -0.142. The molecule has 0 atom stereocenters. The summed E-state index contributed by atoms with van der Waals surface area (Å²) < 4.78 is 3.87. The number of aromatic nitrogens is 6. The number of anilines is 2. The number of nitrogens with zero attached hydrogens (tertiary/aromatic N) is 6. The van der Waals surface area contributed by atoms with E-state index in [1.54, 1.807) is 0 Å². The molecule has 0 aliphatic rings. The van der Waals surface area contributed by atoms with Crippen molar-refractivity contribution in [3.05, 3.63) is 133 Å². The first kappa shape index (κ1) is 29.9. The highest BCUT2D eigenvalue weighted by Crippen LogP contribution is 2.27. The molecule has 6 aromatic rings. The number of rotatable bonds is 12. The molecule has 2 heterocycles. The second-order valence-electron chi connectivity index (χ2n) is 9.72. The number of hydrogen-bond donors (Lipinski definition) is 2. The molecule has 2 N–H and O–H groups in total. The second kappa shape index (κ2) is 14.5. The van der Waals surface area contributed by atoms with Crippen molar-refractivity contribution in [3.8, 4) is 11.4 Å². The summed E-state index contributed by atoms with van der Waals surface area (Å²) in [5.41, 5.74) is 3.20. The van der Waals surface area contributed by atoms with Gasteiger partial charge in [-0.1, -0.05) is 96.3 Å². The van der Waals surface area contributed by atoms with Crippen molar-refractivity contribution >= 4 is 46.7 Å². The fourth-order valence-corrected chi connectivity index (χ4v) is 6.07. The first-order valence-corrected chi connectivity index (χ1v) is 16.1. The number of benzene rings is 4. The molecular formula is C33H28N8O2S2. The topological polar surface area (TPSA) is 120 Å². The van der Waals surface area contributed by atoms with Crippen LogP contribution < -0.4 is 10.6 Å². The number of amides is 2. The maximum Gasteiger partial charge on any atom is 0.234 e. The molecule has 0 saturated heterocycles. The average molecular weight is 633 g/mol. The molecule has 0 fully saturated rings. The molecule has 0 bridgehead atoms. The highest BCUT2D eigenvalue weighted by molar-refractivity contribution is 8.00. The molecule has 224 valence electrons. The fraction of sp³-hybridized carbons (Fsp3) is 0.0909. The minimum absolute atomic E-state index is 0.142. The second-order valence-corrected chi connectivity index (χ2v) is 11.6. The van der Waals surface area contributed by atoms with Crippen molar-refractivity contribution in [1.82, 2.24) is 29.5 Å². The Bertz CT molecular complexity index is 1730. The van der Waals surface area contributed by atoms with Crippen molar-refractivity contribution in [2.45, 2.75) is 16.7 Å². The molecule has 6 rings (SSSR count). The summed E-state index contributed by atoms with van der Waals surface area (Å²) in [4.78, 5) is 25.4. The van der Waals surface area contributed by atoms with Crippen LogP contribution in [0.15, 0.2) is 132 Å². The molecule has 0 spiro atoms. The molecule has 45 heavy (non-hydrogen) atoms. The van der Waals surface area contributed by atoms with Crippen LogP contribution in [0.25, 0.3) is 11.4 Å². The van der Waals surface area contributed by atoms with E-state index < -0.39 is 0 Å². The van der Waals surface area contributed by atoms with Gasteiger partial charge >= 0.3 is 0 Å². The zero-order valence-electron chi connectivity index (χ0n) is 24.0. The van der Waals surface area contributed by atoms with Crippen LogP contribution in [0.3, 0.4) is 0 Å². The molecule has 0 aliphatic heterocycles. The van der Waals surface area contributed by atoms with Crippen LogP contribution in [0.4, 0.5) is 11.4 Å². The molecule has 12 heteroatoms. The molecular weight excluding hydrogens is 605 g/mol. The van der Waals surface area contributed by atoms with Gasteiger partial charge in [-0.15, -0.1) is 20.4 Å². The van der Waals surface area contributed by atoms with Gasteiger partial charge in [0.1, 0.15) is 11.6 Å². The van der Waals surface area contributed by atoms with Crippen LogP contribution in [-0.2, 0) is 16.0 Å². The smallest absolute Gasteiger partial charge is 0.234 e. The number of carbonyl (C=O) groups is 2. The van der Waals surface area contributed by atoms with E-state index in [0.717, 1.165) is 22.7 Å². The van der Waals surface area contributed by atoms with E-state index in [9.17, 15) is 9.59 Å². The quantitative estimate of drug-likeness (QED) is 0.160. The van der Waals surface area contributed by atoms with Crippen molar-refractivity contribution < 1.29 is 9.59 Å². The molecule has 0 saturated carbocycles. The molecule has 2 aromatic heterocycles. The number of para-hydroxylation sites is 4. The molecule has 0 aliphatic carbocycles. The Balaban J connectivity index is 1.25. The van der Waals surface area contributed by atoms with E-state index in [1.807, 2.05) is 130 Å². The highest BCUT2D eigenvalue weighted by atomic mass is 32.2. The van der Waals surface area contributed by atoms with E-state index in [1.165, 1.54) is 23.5 Å². The normalized spacial score (nSPS) is 10.8. The number of hydrogen-bond acceptors (Lipinski definition) is 8. The largest absolute Gasteiger partial charge is 0.325 e. The number of carbonyl (C=O) groups excluding carboxylic acids is 2. The Morgan fingerprint density at radius 2 is 0.867 bits per heavy atom. The Labute approximate surface area is 268 Å². The van der Waals surface area contributed by atoms with E-state index in [4.69, 9.17) is 0 Å². The lowest BCUT2D eigenvalue weighted by atomic mass is 10.3. The number of thioether (sulfide) groups is 2. The summed E-state index contributed by atoms with van der Waals surface area (Å²) in [6.07, 6.45) is 0.303. The summed E-state index contributed by atoms with van der Waals surface area (Å²) in [5.74, 6) is 1.30. The van der Waals surface area contributed by atoms with Gasteiger partial charge in [0.05, 0.1) is 17.9 Å². The molecule has 10 nitrogen and oxygen atoms in total. The molecule has 0 radical (unpaired) electrons. The predicted octanol–water partition coefficient (Wildman–Crippen LogP) is 5.90. The van der Waals surface area contributed by atoms with Crippen molar-refractivity contribution in [3.63, 3.8) is 0 Å². The predicted molar refractivity (Wildman–Crippen MR) is 177 cm³/mol. The third-order valence-corrected chi connectivity index (χ3v) is 8.38. The molecule has 4 aromatic carbocycles. The van der Waals surface area contributed by atoms with E-state index in [-0.39, 0.29) is 23.3 Å². The van der Waals surface area contributed by atoms with Crippen molar-refractivity contribution in [2.75, 3.05) is 22.1 Å². The standard InChI is InChI=1S/C33H28N8O2S2/c42-30(34-24-13-5-1-6-14-24)22-44-32-38-36-28(40(32)26-17-9-3-10-18-26)21-29-37-39-33(41(29)27-19-11-4-12-20-27)45-23-31(43)35-25-15-7-2-8-16-25/h1-20H,21-23H2,(H,34,42)(H,35,43). The summed E-state index contributed by atoms with van der Waals surface area (Å²) in [6.45, 7) is 0. The van der Waals surface area contributed by atoms with Crippen molar-refractivity contribution in [2.24, 2.45) is 0 Å². The van der Waals surface area contributed by atoms with Gasteiger partial charge in [-0.25, -0.2) is 0 Å². The fourth-order valence-electron chi connectivity index (χ4n) is 4.53. The van der Waals surface area contributed by atoms with Gasteiger partial charge in [-0.2, -0.15) is 0 Å². The SMILES string of the molecule is O=C(CSc1nnc(Cc2nnc(SCC(=O)Nc3ccccc3)n2-c2ccccc2)n1-c1ccccc1)Nc1ccccc1. The van der Waals surface area contributed by atoms with Gasteiger partial charge in [0, 0.05) is 22.7 Å². The van der Waals surface area contributed by atoms with Gasteiger partial charge in [0.15, 0.2) is 10.3 Å². The van der Waals surface area contributed by atoms with Crippen molar-refractivity contribution in [1.29, 1.82) is 0 Å². The summed E-state index contributed by atoms with van der Waals surface area (Å²) in [5, 5.41) is 24.9. The lowest BCUT2D eigenvalue weighted by Gasteiger charge is -2.12. The lowest BCUT2D eigenvalue weighted by Crippen LogP contribution is -2.15. The van der Waals surface area contributed by atoms with E-state index >= 15 is 0 Å². The Hall–Kier alpha value is -5.20. The van der Waals surface area contributed by atoms with Gasteiger partial charge < -0.3 is 10.6 Å². The maximum atomic E-state index is 12.7. The van der Waals surface area contributed by atoms with Gasteiger partial charge in [0.2, 0.25) is 11.8 Å². The average Bonchev–Trinajstić information content (AvgIpc) is 3.68.